The molecule has 1 heterocycles. The lowest BCUT2D eigenvalue weighted by Crippen LogP contribution is -2.20. The number of aromatic nitrogens is 1. The molecule has 2 nitrogen and oxygen atoms in total. The van der Waals surface area contributed by atoms with Crippen LogP contribution in [0.25, 0.3) is 6.08 Å². The first-order chi connectivity index (χ1) is 8.16. The van der Waals surface area contributed by atoms with Crippen LogP contribution in [0.4, 0.5) is 0 Å². The molecule has 0 spiro atoms. The molecule has 1 unspecified atom stereocenters. The van der Waals surface area contributed by atoms with Gasteiger partial charge in [0, 0.05) is 11.5 Å². The molecule has 0 aliphatic rings. The third-order valence-electron chi connectivity index (χ3n) is 3.69. The number of nitrogens with zero attached hydrogens (tertiary/aromatic N) is 1. The van der Waals surface area contributed by atoms with E-state index in [2.05, 4.69) is 32.5 Å². The first-order valence-electron chi connectivity index (χ1n) is 6.76. The van der Waals surface area contributed by atoms with Crippen LogP contribution in [0.5, 0.6) is 0 Å². The minimum atomic E-state index is 0.127. The minimum Gasteiger partial charge on any atom is -0.360 e. The fourth-order valence-corrected chi connectivity index (χ4v) is 2.09. The van der Waals surface area contributed by atoms with Gasteiger partial charge in [-0.3, -0.25) is 0 Å². The molecule has 1 rings (SSSR count). The van der Waals surface area contributed by atoms with Gasteiger partial charge in [-0.15, -0.1) is 0 Å². The Morgan fingerprint density at radius 2 is 2.12 bits per heavy atom. The average Bonchev–Trinajstić information content (AvgIpc) is 2.83. The van der Waals surface area contributed by atoms with Crippen LogP contribution in [0.15, 0.2) is 17.2 Å². The van der Waals surface area contributed by atoms with Gasteiger partial charge in [0.25, 0.3) is 0 Å². The maximum atomic E-state index is 5.45. The van der Waals surface area contributed by atoms with Crippen LogP contribution in [-0.4, -0.2) is 5.16 Å². The summed E-state index contributed by atoms with van der Waals surface area (Å²) >= 11 is 0. The van der Waals surface area contributed by atoms with Crippen molar-refractivity contribution >= 4 is 6.08 Å². The Balaban J connectivity index is 2.63. The van der Waals surface area contributed by atoms with Crippen LogP contribution in [-0.2, 0) is 5.41 Å². The van der Waals surface area contributed by atoms with Gasteiger partial charge in [-0.25, -0.2) is 0 Å². The molecule has 96 valence electrons. The highest BCUT2D eigenvalue weighted by Gasteiger charge is 2.28. The summed E-state index contributed by atoms with van der Waals surface area (Å²) in [5.74, 6) is 1.01. The Hall–Kier alpha value is -1.05. The van der Waals surface area contributed by atoms with Gasteiger partial charge >= 0.3 is 0 Å². The van der Waals surface area contributed by atoms with Crippen molar-refractivity contribution in [3.8, 4) is 0 Å². The second kappa shape index (κ2) is 6.63. The van der Waals surface area contributed by atoms with E-state index in [0.29, 0.717) is 0 Å². The lowest BCUT2D eigenvalue weighted by Gasteiger charge is -2.24. The van der Waals surface area contributed by atoms with Crippen LogP contribution in [0.2, 0.25) is 0 Å². The van der Waals surface area contributed by atoms with E-state index in [0.717, 1.165) is 17.9 Å². The third-order valence-corrected chi connectivity index (χ3v) is 3.69. The number of hydrogen-bond acceptors (Lipinski definition) is 2. The normalized spacial score (nSPS) is 14.5. The molecule has 0 radical (unpaired) electrons. The Morgan fingerprint density at radius 3 is 2.65 bits per heavy atom. The number of rotatable bonds is 8. The summed E-state index contributed by atoms with van der Waals surface area (Å²) in [4.78, 5) is 0. The van der Waals surface area contributed by atoms with E-state index in [1.54, 1.807) is 6.08 Å². The van der Waals surface area contributed by atoms with E-state index in [1.807, 2.05) is 6.07 Å². The van der Waals surface area contributed by atoms with Gasteiger partial charge in [0.1, 0.15) is 11.5 Å². The second-order valence-corrected chi connectivity index (χ2v) is 5.05. The molecular weight excluding hydrogens is 210 g/mol. The van der Waals surface area contributed by atoms with Gasteiger partial charge < -0.3 is 4.52 Å². The highest BCUT2D eigenvalue weighted by atomic mass is 16.5. The molecular formula is C15H25NO. The van der Waals surface area contributed by atoms with Crippen molar-refractivity contribution in [1.29, 1.82) is 0 Å². The zero-order valence-corrected chi connectivity index (χ0v) is 11.5. The van der Waals surface area contributed by atoms with E-state index in [1.165, 1.54) is 32.1 Å². The first kappa shape index (κ1) is 14.0. The van der Waals surface area contributed by atoms with Crippen molar-refractivity contribution in [2.24, 2.45) is 0 Å². The van der Waals surface area contributed by atoms with Gasteiger partial charge in [0.15, 0.2) is 0 Å². The lowest BCUT2D eigenvalue weighted by molar-refractivity contribution is 0.275. The molecule has 0 N–H and O–H groups in total. The molecule has 0 amide bonds. The fourth-order valence-electron chi connectivity index (χ4n) is 2.09. The van der Waals surface area contributed by atoms with Crippen molar-refractivity contribution < 1.29 is 4.52 Å². The van der Waals surface area contributed by atoms with Gasteiger partial charge in [0.05, 0.1) is 0 Å². The van der Waals surface area contributed by atoms with Crippen LogP contribution in [0.1, 0.15) is 70.8 Å². The van der Waals surface area contributed by atoms with Gasteiger partial charge in [-0.2, -0.15) is 0 Å². The maximum Gasteiger partial charge on any atom is 0.143 e. The average molecular weight is 235 g/mol. The molecule has 0 aromatic carbocycles. The third kappa shape index (κ3) is 3.72. The Bertz CT molecular complexity index is 342. The van der Waals surface area contributed by atoms with E-state index >= 15 is 0 Å². The van der Waals surface area contributed by atoms with Gasteiger partial charge in [-0.05, 0) is 18.9 Å². The summed E-state index contributed by atoms with van der Waals surface area (Å²) in [5, 5.41) is 4.00. The SMILES string of the molecule is C=Cc1cc(C(C)(CC)CCCCCC)on1. The monoisotopic (exact) mass is 235 g/mol. The minimum absolute atomic E-state index is 0.127. The zero-order valence-electron chi connectivity index (χ0n) is 11.5. The maximum absolute atomic E-state index is 5.45. The van der Waals surface area contributed by atoms with E-state index in [4.69, 9.17) is 4.52 Å². The van der Waals surface area contributed by atoms with E-state index < -0.39 is 0 Å². The highest BCUT2D eigenvalue weighted by molar-refractivity contribution is 5.41. The smallest absolute Gasteiger partial charge is 0.143 e. The molecule has 0 saturated heterocycles. The van der Waals surface area contributed by atoms with Gasteiger partial charge in [0.2, 0.25) is 0 Å². The molecule has 0 saturated carbocycles. The largest absolute Gasteiger partial charge is 0.360 e. The van der Waals surface area contributed by atoms with Crippen molar-refractivity contribution in [3.63, 3.8) is 0 Å². The summed E-state index contributed by atoms with van der Waals surface area (Å²) < 4.78 is 5.45. The molecule has 17 heavy (non-hydrogen) atoms. The molecule has 0 aliphatic carbocycles. The molecule has 1 atom stereocenters. The van der Waals surface area contributed by atoms with Gasteiger partial charge in [-0.1, -0.05) is 58.2 Å². The van der Waals surface area contributed by atoms with Crippen molar-refractivity contribution in [1.82, 2.24) is 5.16 Å². The van der Waals surface area contributed by atoms with Crippen LogP contribution >= 0.6 is 0 Å². The predicted octanol–water partition coefficient (Wildman–Crippen LogP) is 4.96. The fraction of sp³-hybridized carbons (Fsp3) is 0.667. The molecule has 0 bridgehead atoms. The Labute approximate surface area is 105 Å². The number of unbranched alkanes of at least 4 members (excludes halogenated alkanes) is 3. The Morgan fingerprint density at radius 1 is 1.35 bits per heavy atom. The highest BCUT2D eigenvalue weighted by Crippen LogP contribution is 2.33. The molecule has 1 aromatic rings. The summed E-state index contributed by atoms with van der Waals surface area (Å²) in [6.45, 7) is 10.4. The standard InChI is InChI=1S/C15H25NO/c1-5-8-9-10-11-15(4,7-3)14-12-13(6-2)16-17-14/h6,12H,2,5,7-11H2,1,3-4H3. The quantitative estimate of drug-likeness (QED) is 0.595. The molecule has 2 heteroatoms. The summed E-state index contributed by atoms with van der Waals surface area (Å²) in [5.41, 5.74) is 0.968. The first-order valence-corrected chi connectivity index (χ1v) is 6.76. The van der Waals surface area contributed by atoms with E-state index in [-0.39, 0.29) is 5.41 Å². The summed E-state index contributed by atoms with van der Waals surface area (Å²) in [6.07, 6.45) is 9.19. The summed E-state index contributed by atoms with van der Waals surface area (Å²) in [7, 11) is 0. The molecule has 1 aromatic heterocycles. The van der Waals surface area contributed by atoms with Crippen molar-refractivity contribution in [3.05, 3.63) is 24.1 Å². The van der Waals surface area contributed by atoms with Crippen molar-refractivity contribution in [2.75, 3.05) is 0 Å². The zero-order chi connectivity index (χ0) is 12.7. The Kier molecular flexibility index (Phi) is 5.46. The van der Waals surface area contributed by atoms with E-state index in [9.17, 15) is 0 Å². The predicted molar refractivity (Wildman–Crippen MR) is 73.0 cm³/mol. The van der Waals surface area contributed by atoms with Crippen LogP contribution in [0, 0.1) is 0 Å². The lowest BCUT2D eigenvalue weighted by atomic mass is 9.79. The summed E-state index contributed by atoms with van der Waals surface area (Å²) in [6, 6.07) is 2.02. The van der Waals surface area contributed by atoms with Crippen molar-refractivity contribution in [2.45, 2.75) is 64.7 Å². The second-order valence-electron chi connectivity index (χ2n) is 5.05. The van der Waals surface area contributed by atoms with Crippen LogP contribution in [0.3, 0.4) is 0 Å². The molecule has 0 aliphatic heterocycles. The molecule has 0 fully saturated rings. The topological polar surface area (TPSA) is 26.0 Å². The van der Waals surface area contributed by atoms with Crippen LogP contribution < -0.4 is 0 Å². The number of hydrogen-bond donors (Lipinski definition) is 0.